The molecule has 0 saturated carbocycles. The number of hydrogen-bond acceptors (Lipinski definition) is 4. The van der Waals surface area contributed by atoms with E-state index in [2.05, 4.69) is 5.32 Å². The summed E-state index contributed by atoms with van der Waals surface area (Å²) in [6.07, 6.45) is 0.108. The zero-order chi connectivity index (χ0) is 11.7. The molecule has 0 aliphatic carbocycles. The van der Waals surface area contributed by atoms with Crippen molar-refractivity contribution in [3.05, 3.63) is 39.9 Å². The van der Waals surface area contributed by atoms with Gasteiger partial charge in [0.15, 0.2) is 0 Å². The highest BCUT2D eigenvalue weighted by molar-refractivity contribution is 6.06. The first-order chi connectivity index (χ1) is 7.58. The Balaban J connectivity index is 2.25. The van der Waals surface area contributed by atoms with Gasteiger partial charge in [0.2, 0.25) is 11.8 Å². The molecule has 1 unspecified atom stereocenters. The van der Waals surface area contributed by atoms with Crippen LogP contribution in [0.4, 0.5) is 5.69 Å². The second-order valence-electron chi connectivity index (χ2n) is 3.52. The summed E-state index contributed by atoms with van der Waals surface area (Å²) in [5.41, 5.74) is 0.586. The van der Waals surface area contributed by atoms with Crippen LogP contribution in [0.15, 0.2) is 24.3 Å². The predicted octanol–water partition coefficient (Wildman–Crippen LogP) is 0.725. The molecule has 0 spiro atoms. The van der Waals surface area contributed by atoms with E-state index in [0.717, 1.165) is 0 Å². The van der Waals surface area contributed by atoms with Crippen molar-refractivity contribution in [3.63, 3.8) is 0 Å². The molecule has 16 heavy (non-hydrogen) atoms. The number of imide groups is 1. The van der Waals surface area contributed by atoms with Gasteiger partial charge in [-0.05, 0) is 5.56 Å². The maximum Gasteiger partial charge on any atom is 0.269 e. The number of carbonyl (C=O) groups excluding carboxylic acids is 2. The summed E-state index contributed by atoms with van der Waals surface area (Å²) < 4.78 is 0. The lowest BCUT2D eigenvalue weighted by molar-refractivity contribution is -0.384. The third-order valence-electron chi connectivity index (χ3n) is 2.47. The third-order valence-corrected chi connectivity index (χ3v) is 2.47. The van der Waals surface area contributed by atoms with Crippen LogP contribution < -0.4 is 5.32 Å². The minimum Gasteiger partial charge on any atom is -0.296 e. The number of nitro groups is 1. The third kappa shape index (κ3) is 1.77. The number of nitro benzene ring substituents is 1. The molecule has 2 amide bonds. The van der Waals surface area contributed by atoms with E-state index in [4.69, 9.17) is 0 Å². The highest BCUT2D eigenvalue weighted by Gasteiger charge is 2.31. The Labute approximate surface area is 90.4 Å². The number of benzene rings is 1. The maximum atomic E-state index is 11.3. The van der Waals surface area contributed by atoms with Gasteiger partial charge in [0.1, 0.15) is 0 Å². The molecular weight excluding hydrogens is 212 g/mol. The van der Waals surface area contributed by atoms with Gasteiger partial charge in [0.25, 0.3) is 5.69 Å². The van der Waals surface area contributed by atoms with E-state index in [1.54, 1.807) is 0 Å². The Morgan fingerprint density at radius 2 is 1.88 bits per heavy atom. The predicted molar refractivity (Wildman–Crippen MR) is 53.6 cm³/mol. The van der Waals surface area contributed by atoms with Gasteiger partial charge in [-0.1, -0.05) is 12.1 Å². The van der Waals surface area contributed by atoms with Crippen molar-refractivity contribution in [2.24, 2.45) is 0 Å². The number of non-ortho nitro benzene ring substituents is 1. The van der Waals surface area contributed by atoms with Crippen LogP contribution in [0.2, 0.25) is 0 Å². The van der Waals surface area contributed by atoms with Crippen molar-refractivity contribution in [1.82, 2.24) is 5.32 Å². The Morgan fingerprint density at radius 1 is 1.25 bits per heavy atom. The summed E-state index contributed by atoms with van der Waals surface area (Å²) >= 11 is 0. The molecule has 1 saturated heterocycles. The molecule has 6 nitrogen and oxygen atoms in total. The van der Waals surface area contributed by atoms with Crippen LogP contribution in [0.25, 0.3) is 0 Å². The standard InChI is InChI=1S/C10H8N2O4/c13-9-5-8(10(14)11-9)6-1-3-7(4-2-6)12(15)16/h1-4,8H,5H2,(H,11,13,14). The zero-order valence-corrected chi connectivity index (χ0v) is 8.17. The lowest BCUT2D eigenvalue weighted by Crippen LogP contribution is -2.21. The fraction of sp³-hybridized carbons (Fsp3) is 0.200. The van der Waals surface area contributed by atoms with Gasteiger partial charge in [-0.3, -0.25) is 25.0 Å². The number of nitrogens with zero attached hydrogens (tertiary/aromatic N) is 1. The molecule has 1 heterocycles. The van der Waals surface area contributed by atoms with E-state index < -0.39 is 10.8 Å². The van der Waals surface area contributed by atoms with Crippen LogP contribution in [0.1, 0.15) is 17.9 Å². The van der Waals surface area contributed by atoms with Gasteiger partial charge < -0.3 is 0 Å². The normalized spacial score (nSPS) is 19.6. The Hall–Kier alpha value is -2.24. The van der Waals surface area contributed by atoms with Gasteiger partial charge in [0, 0.05) is 18.6 Å². The second kappa shape index (κ2) is 3.73. The quantitative estimate of drug-likeness (QED) is 0.452. The van der Waals surface area contributed by atoms with Crippen molar-refractivity contribution in [2.45, 2.75) is 12.3 Å². The van der Waals surface area contributed by atoms with Gasteiger partial charge in [-0.15, -0.1) is 0 Å². The topological polar surface area (TPSA) is 89.3 Å². The van der Waals surface area contributed by atoms with Crippen molar-refractivity contribution in [1.29, 1.82) is 0 Å². The molecule has 82 valence electrons. The smallest absolute Gasteiger partial charge is 0.269 e. The first kappa shape index (κ1) is 10.3. The monoisotopic (exact) mass is 220 g/mol. The van der Waals surface area contributed by atoms with Crippen LogP contribution in [0.3, 0.4) is 0 Å². The van der Waals surface area contributed by atoms with Gasteiger partial charge >= 0.3 is 0 Å². The Bertz CT molecular complexity index is 466. The number of hydrogen-bond donors (Lipinski definition) is 1. The molecule has 0 radical (unpaired) electrons. The second-order valence-corrected chi connectivity index (χ2v) is 3.52. The SMILES string of the molecule is O=C1CC(c2ccc([N+](=O)[O-])cc2)C(=O)N1. The van der Waals surface area contributed by atoms with Crippen LogP contribution >= 0.6 is 0 Å². The molecule has 1 atom stereocenters. The summed E-state index contributed by atoms with van der Waals surface area (Å²) in [7, 11) is 0. The van der Waals surface area contributed by atoms with Crippen molar-refractivity contribution >= 4 is 17.5 Å². The average Bonchev–Trinajstić information content (AvgIpc) is 2.58. The average molecular weight is 220 g/mol. The summed E-state index contributed by atoms with van der Waals surface area (Å²) in [4.78, 5) is 32.2. The van der Waals surface area contributed by atoms with Crippen molar-refractivity contribution in [2.75, 3.05) is 0 Å². The minimum absolute atomic E-state index is 0.0338. The number of rotatable bonds is 2. The molecule has 6 heteroatoms. The molecule has 1 aliphatic rings. The van der Waals surface area contributed by atoms with E-state index >= 15 is 0 Å². The fourth-order valence-electron chi connectivity index (χ4n) is 1.65. The van der Waals surface area contributed by atoms with E-state index in [-0.39, 0.29) is 23.9 Å². The Morgan fingerprint density at radius 3 is 2.31 bits per heavy atom. The molecule has 1 fully saturated rings. The lowest BCUT2D eigenvalue weighted by Gasteiger charge is -2.04. The first-order valence-electron chi connectivity index (χ1n) is 4.66. The first-order valence-corrected chi connectivity index (χ1v) is 4.66. The number of amides is 2. The highest BCUT2D eigenvalue weighted by atomic mass is 16.6. The largest absolute Gasteiger partial charge is 0.296 e. The summed E-state index contributed by atoms with van der Waals surface area (Å²) in [6, 6.07) is 5.65. The molecule has 1 aromatic rings. The van der Waals surface area contributed by atoms with Crippen LogP contribution in [0.5, 0.6) is 0 Å². The molecule has 0 bridgehead atoms. The molecule has 1 aliphatic heterocycles. The zero-order valence-electron chi connectivity index (χ0n) is 8.17. The van der Waals surface area contributed by atoms with E-state index in [1.807, 2.05) is 0 Å². The van der Waals surface area contributed by atoms with Crippen molar-refractivity contribution < 1.29 is 14.5 Å². The van der Waals surface area contributed by atoms with Gasteiger partial charge in [-0.25, -0.2) is 0 Å². The lowest BCUT2D eigenvalue weighted by atomic mass is 9.97. The van der Waals surface area contributed by atoms with Crippen LogP contribution in [-0.4, -0.2) is 16.7 Å². The molecule has 0 aromatic heterocycles. The maximum absolute atomic E-state index is 11.3. The van der Waals surface area contributed by atoms with Crippen LogP contribution in [0, 0.1) is 10.1 Å². The van der Waals surface area contributed by atoms with E-state index in [9.17, 15) is 19.7 Å². The summed E-state index contributed by atoms with van der Waals surface area (Å²) in [5.74, 6) is -1.18. The van der Waals surface area contributed by atoms with E-state index in [0.29, 0.717) is 5.56 Å². The Kier molecular flexibility index (Phi) is 2.40. The van der Waals surface area contributed by atoms with Crippen molar-refractivity contribution in [3.8, 4) is 0 Å². The molecule has 1 aromatic carbocycles. The molecular formula is C10H8N2O4. The van der Waals surface area contributed by atoms with Gasteiger partial charge in [-0.2, -0.15) is 0 Å². The summed E-state index contributed by atoms with van der Waals surface area (Å²) in [5, 5.41) is 12.6. The van der Waals surface area contributed by atoms with Gasteiger partial charge in [0.05, 0.1) is 10.8 Å². The minimum atomic E-state index is -0.520. The summed E-state index contributed by atoms with van der Waals surface area (Å²) in [6.45, 7) is 0. The fourth-order valence-corrected chi connectivity index (χ4v) is 1.65. The molecule has 1 N–H and O–H groups in total. The van der Waals surface area contributed by atoms with E-state index in [1.165, 1.54) is 24.3 Å². The number of nitrogens with one attached hydrogen (secondary N) is 1. The molecule has 2 rings (SSSR count). The number of carbonyl (C=O) groups is 2. The highest BCUT2D eigenvalue weighted by Crippen LogP contribution is 2.25. The van der Waals surface area contributed by atoms with Crippen LogP contribution in [-0.2, 0) is 9.59 Å².